The molecule has 2 aromatic heterocycles. The number of amides is 1. The number of aromatic nitrogens is 2. The molecule has 0 radical (unpaired) electrons. The predicted octanol–water partition coefficient (Wildman–Crippen LogP) is 3.94. The molecule has 2 aromatic rings. The van der Waals surface area contributed by atoms with Crippen molar-refractivity contribution in [2.24, 2.45) is 0 Å². The number of hydrogen-bond donors (Lipinski definition) is 0. The second-order valence-electron chi connectivity index (χ2n) is 10.9. The normalized spacial score (nSPS) is 17.6. The number of alkyl halides is 5. The van der Waals surface area contributed by atoms with Gasteiger partial charge in [0.1, 0.15) is 24.1 Å². The molecule has 246 valence electrons. The first kappa shape index (κ1) is 33.8. The molecule has 0 N–H and O–H groups in total. The Hall–Kier alpha value is -4.08. The maximum absolute atomic E-state index is 14.1. The first-order valence-electron chi connectivity index (χ1n) is 14.2. The number of esters is 2. The summed E-state index contributed by atoms with van der Waals surface area (Å²) in [6, 6.07) is 5.14. The molecule has 11 nitrogen and oxygen atoms in total. The van der Waals surface area contributed by atoms with Crippen LogP contribution in [0.3, 0.4) is 0 Å². The monoisotopic (exact) mass is 643 g/mol. The van der Waals surface area contributed by atoms with Crippen molar-refractivity contribution in [1.82, 2.24) is 14.9 Å². The SMILES string of the molecule is COCC(=O)OC(C)C(=O)OCC(=O)N1CCC(c2cc(N3CCC(F)(F)C3)nc(N(C)c3cc(C(F)(F)F)ccn3)c2)CC1. The first-order chi connectivity index (χ1) is 21.2. The summed E-state index contributed by atoms with van der Waals surface area (Å²) in [5.41, 5.74) is -0.159. The van der Waals surface area contributed by atoms with E-state index in [1.165, 1.54) is 35.8 Å². The van der Waals surface area contributed by atoms with E-state index < -0.39 is 54.8 Å². The van der Waals surface area contributed by atoms with Crippen molar-refractivity contribution in [2.45, 2.75) is 50.3 Å². The molecule has 2 saturated heterocycles. The van der Waals surface area contributed by atoms with Gasteiger partial charge in [-0.2, -0.15) is 13.2 Å². The Morgan fingerprint density at radius 2 is 1.80 bits per heavy atom. The van der Waals surface area contributed by atoms with Crippen molar-refractivity contribution < 1.29 is 50.5 Å². The number of anilines is 3. The fourth-order valence-corrected chi connectivity index (χ4v) is 5.12. The molecule has 0 spiro atoms. The van der Waals surface area contributed by atoms with Gasteiger partial charge in [-0.25, -0.2) is 28.3 Å². The number of halogens is 5. The number of methoxy groups -OCH3 is 1. The molecule has 0 aliphatic carbocycles. The first-order valence-corrected chi connectivity index (χ1v) is 14.2. The molecule has 1 amide bonds. The van der Waals surface area contributed by atoms with Gasteiger partial charge in [0.25, 0.3) is 11.8 Å². The van der Waals surface area contributed by atoms with Crippen LogP contribution in [0.15, 0.2) is 30.5 Å². The number of rotatable bonds is 10. The maximum Gasteiger partial charge on any atom is 0.416 e. The van der Waals surface area contributed by atoms with Crippen molar-refractivity contribution >= 4 is 35.3 Å². The lowest BCUT2D eigenvalue weighted by molar-refractivity contribution is -0.170. The molecule has 16 heteroatoms. The summed E-state index contributed by atoms with van der Waals surface area (Å²) < 4.78 is 82.7. The van der Waals surface area contributed by atoms with Gasteiger partial charge >= 0.3 is 18.1 Å². The van der Waals surface area contributed by atoms with E-state index in [4.69, 9.17) is 9.47 Å². The number of hydrogen-bond acceptors (Lipinski definition) is 10. The van der Waals surface area contributed by atoms with E-state index in [1.54, 1.807) is 12.1 Å². The lowest BCUT2D eigenvalue weighted by atomic mass is 9.89. The maximum atomic E-state index is 14.1. The molecule has 1 unspecified atom stereocenters. The third-order valence-electron chi connectivity index (χ3n) is 7.63. The highest BCUT2D eigenvalue weighted by Gasteiger charge is 2.39. The van der Waals surface area contributed by atoms with Gasteiger partial charge in [0.15, 0.2) is 12.7 Å². The fourth-order valence-electron chi connectivity index (χ4n) is 5.12. The summed E-state index contributed by atoms with van der Waals surface area (Å²) in [6.45, 7) is 0.561. The lowest BCUT2D eigenvalue weighted by Crippen LogP contribution is -2.41. The van der Waals surface area contributed by atoms with E-state index in [2.05, 4.69) is 14.7 Å². The van der Waals surface area contributed by atoms with E-state index >= 15 is 0 Å². The molecule has 4 rings (SSSR count). The molecule has 1 atom stereocenters. The van der Waals surface area contributed by atoms with Gasteiger partial charge in [0.05, 0.1) is 12.1 Å². The van der Waals surface area contributed by atoms with Gasteiger partial charge in [-0.3, -0.25) is 4.79 Å². The number of carbonyl (C=O) groups is 3. The largest absolute Gasteiger partial charge is 0.453 e. The minimum absolute atomic E-state index is 0.0232. The fraction of sp³-hybridized carbons (Fsp3) is 0.552. The zero-order valence-electron chi connectivity index (χ0n) is 25.0. The van der Waals surface area contributed by atoms with E-state index in [-0.39, 0.29) is 42.9 Å². The van der Waals surface area contributed by atoms with Gasteiger partial charge in [0, 0.05) is 46.4 Å². The Morgan fingerprint density at radius 3 is 2.42 bits per heavy atom. The van der Waals surface area contributed by atoms with Crippen molar-refractivity contribution in [3.63, 3.8) is 0 Å². The van der Waals surface area contributed by atoms with Crippen molar-refractivity contribution in [2.75, 3.05) is 63.4 Å². The Kier molecular flexibility index (Phi) is 10.5. The van der Waals surface area contributed by atoms with Crippen LogP contribution in [0.1, 0.15) is 43.2 Å². The number of pyridine rings is 2. The predicted molar refractivity (Wildman–Crippen MR) is 150 cm³/mol. The second kappa shape index (κ2) is 13.9. The van der Waals surface area contributed by atoms with Crippen LogP contribution in [0.5, 0.6) is 0 Å². The third-order valence-corrected chi connectivity index (χ3v) is 7.63. The minimum atomic E-state index is -4.58. The highest BCUT2D eigenvalue weighted by molar-refractivity contribution is 5.83. The highest BCUT2D eigenvalue weighted by Crippen LogP contribution is 2.37. The van der Waals surface area contributed by atoms with E-state index in [0.717, 1.165) is 23.9 Å². The molecule has 2 aliphatic rings. The quantitative estimate of drug-likeness (QED) is 0.279. The molecule has 45 heavy (non-hydrogen) atoms. The van der Waals surface area contributed by atoms with Crippen LogP contribution in [-0.4, -0.2) is 98.3 Å². The number of likely N-dealkylation sites (tertiary alicyclic amines) is 1. The Labute approximate surface area is 256 Å². The summed E-state index contributed by atoms with van der Waals surface area (Å²) in [5.74, 6) is -4.62. The van der Waals surface area contributed by atoms with Crippen LogP contribution in [0.2, 0.25) is 0 Å². The summed E-state index contributed by atoms with van der Waals surface area (Å²) in [6.07, 6.45) is -4.15. The Bertz CT molecular complexity index is 1390. The standard InChI is InChI=1S/C29H34F5N5O6/c1-18(45-26(41)16-43-3)27(42)44-15-25(40)38-9-5-19(6-10-38)20-12-23(36-24(13-20)39-11-7-28(30,31)17-39)37(2)22-14-21(4-8-35-22)29(32,33)34/h4,8,12-14,18-19H,5-7,9-11,15-17H2,1-3H3. The summed E-state index contributed by atoms with van der Waals surface area (Å²) in [5, 5.41) is 0. The molecule has 2 fully saturated rings. The van der Waals surface area contributed by atoms with E-state index in [9.17, 15) is 36.3 Å². The summed E-state index contributed by atoms with van der Waals surface area (Å²) >= 11 is 0. The van der Waals surface area contributed by atoms with Gasteiger partial charge in [0.2, 0.25) is 0 Å². The Balaban J connectivity index is 1.46. The van der Waals surface area contributed by atoms with Crippen molar-refractivity contribution in [3.05, 3.63) is 41.6 Å². The van der Waals surface area contributed by atoms with E-state index in [0.29, 0.717) is 25.9 Å². The molecule has 0 aromatic carbocycles. The average molecular weight is 644 g/mol. The molecular formula is C29H34F5N5O6. The van der Waals surface area contributed by atoms with Gasteiger partial charge in [-0.15, -0.1) is 0 Å². The number of ether oxygens (including phenoxy) is 3. The highest BCUT2D eigenvalue weighted by atomic mass is 19.4. The van der Waals surface area contributed by atoms with Gasteiger partial charge in [-0.1, -0.05) is 0 Å². The van der Waals surface area contributed by atoms with Gasteiger partial charge in [-0.05, 0) is 55.5 Å². The Morgan fingerprint density at radius 1 is 1.09 bits per heavy atom. The van der Waals surface area contributed by atoms with Crippen molar-refractivity contribution in [1.29, 1.82) is 0 Å². The molecule has 0 saturated carbocycles. The van der Waals surface area contributed by atoms with Crippen molar-refractivity contribution in [3.8, 4) is 0 Å². The number of carbonyl (C=O) groups excluding carboxylic acids is 3. The van der Waals surface area contributed by atoms with Crippen LogP contribution in [0.4, 0.5) is 39.4 Å². The molecule has 2 aliphatic heterocycles. The second-order valence-corrected chi connectivity index (χ2v) is 10.9. The van der Waals surface area contributed by atoms with E-state index in [1.807, 2.05) is 0 Å². The molecule has 4 heterocycles. The van der Waals surface area contributed by atoms with Crippen LogP contribution >= 0.6 is 0 Å². The van der Waals surface area contributed by atoms with Crippen LogP contribution in [0.25, 0.3) is 0 Å². The lowest BCUT2D eigenvalue weighted by Gasteiger charge is -2.33. The smallest absolute Gasteiger partial charge is 0.416 e. The van der Waals surface area contributed by atoms with Crippen LogP contribution in [-0.2, 0) is 34.8 Å². The zero-order chi connectivity index (χ0) is 32.9. The summed E-state index contributed by atoms with van der Waals surface area (Å²) in [7, 11) is 2.79. The number of nitrogens with zero attached hydrogens (tertiary/aromatic N) is 5. The molecular weight excluding hydrogens is 609 g/mol. The minimum Gasteiger partial charge on any atom is -0.453 e. The zero-order valence-corrected chi connectivity index (χ0v) is 25.0. The number of piperidine rings is 1. The van der Waals surface area contributed by atoms with Crippen LogP contribution < -0.4 is 9.80 Å². The third kappa shape index (κ3) is 8.77. The van der Waals surface area contributed by atoms with Gasteiger partial charge < -0.3 is 28.9 Å². The topological polar surface area (TPSA) is 114 Å². The van der Waals surface area contributed by atoms with Crippen LogP contribution in [0, 0.1) is 0 Å². The molecule has 0 bridgehead atoms. The average Bonchev–Trinajstić information content (AvgIpc) is 3.38. The summed E-state index contributed by atoms with van der Waals surface area (Å²) in [4.78, 5) is 49.2.